The molecule has 0 spiro atoms. The van der Waals surface area contributed by atoms with E-state index in [1.54, 1.807) is 0 Å². The number of allylic oxidation sites excluding steroid dienone is 2. The number of aromatic nitrogens is 2. The molecule has 0 aliphatic carbocycles. The van der Waals surface area contributed by atoms with Crippen molar-refractivity contribution in [3.05, 3.63) is 59.2 Å². The highest BCUT2D eigenvalue weighted by molar-refractivity contribution is 7.85. The third-order valence-electron chi connectivity index (χ3n) is 7.93. The number of anilines is 5. The zero-order valence-corrected chi connectivity index (χ0v) is 28.7. The van der Waals surface area contributed by atoms with Crippen LogP contribution in [0.15, 0.2) is 47.4 Å². The van der Waals surface area contributed by atoms with Crippen LogP contribution in [-0.4, -0.2) is 57.0 Å². The minimum atomic E-state index is -1.19. The van der Waals surface area contributed by atoms with E-state index in [2.05, 4.69) is 54.9 Å². The van der Waals surface area contributed by atoms with Gasteiger partial charge in [0.05, 0.1) is 38.7 Å². The molecule has 45 heavy (non-hydrogen) atoms. The molecule has 9 nitrogen and oxygen atoms in total. The minimum Gasteiger partial charge on any atom is -0.489 e. The second kappa shape index (κ2) is 15.4. The van der Waals surface area contributed by atoms with E-state index >= 15 is 0 Å². The van der Waals surface area contributed by atoms with Gasteiger partial charge in [-0.2, -0.15) is 9.97 Å². The van der Waals surface area contributed by atoms with Gasteiger partial charge in [-0.3, -0.25) is 9.00 Å². The van der Waals surface area contributed by atoms with Crippen molar-refractivity contribution >= 4 is 51.7 Å². The summed E-state index contributed by atoms with van der Waals surface area (Å²) in [5, 5.41) is 10.2. The number of amides is 1. The largest absolute Gasteiger partial charge is 0.489 e. The predicted molar refractivity (Wildman–Crippen MR) is 187 cm³/mol. The number of benzene rings is 2. The first-order valence-corrected chi connectivity index (χ1v) is 17.1. The van der Waals surface area contributed by atoms with E-state index < -0.39 is 10.8 Å². The van der Waals surface area contributed by atoms with Gasteiger partial charge in [-0.25, -0.2) is 0 Å². The van der Waals surface area contributed by atoms with Crippen molar-refractivity contribution in [1.29, 1.82) is 0 Å². The molecule has 1 unspecified atom stereocenters. The van der Waals surface area contributed by atoms with Gasteiger partial charge >= 0.3 is 0 Å². The third-order valence-corrected chi connectivity index (χ3v) is 9.58. The molecular weight excluding hydrogens is 584 g/mol. The van der Waals surface area contributed by atoms with E-state index in [-0.39, 0.29) is 11.4 Å². The average Bonchev–Trinajstić information content (AvgIpc) is 3.01. The van der Waals surface area contributed by atoms with Crippen LogP contribution in [0.3, 0.4) is 0 Å². The zero-order valence-electron chi connectivity index (χ0n) is 27.9. The number of piperidine rings is 1. The fraction of sp³-hybridized carbons (Fsp3) is 0.457. The van der Waals surface area contributed by atoms with Gasteiger partial charge in [-0.15, -0.1) is 0 Å². The smallest absolute Gasteiger partial charge is 0.231 e. The lowest BCUT2D eigenvalue weighted by molar-refractivity contribution is -0.119. The second-order valence-electron chi connectivity index (χ2n) is 12.0. The molecule has 2 heterocycles. The van der Waals surface area contributed by atoms with Gasteiger partial charge in [0.1, 0.15) is 17.4 Å². The number of para-hydroxylation sites is 1. The van der Waals surface area contributed by atoms with Crippen molar-refractivity contribution in [3.63, 3.8) is 0 Å². The summed E-state index contributed by atoms with van der Waals surface area (Å²) in [6.45, 7) is 15.7. The van der Waals surface area contributed by atoms with Gasteiger partial charge < -0.3 is 25.6 Å². The Balaban J connectivity index is 1.79. The van der Waals surface area contributed by atoms with Crippen molar-refractivity contribution in [2.45, 2.75) is 89.9 Å². The number of nitrogens with one attached hydrogen (secondary N) is 3. The van der Waals surface area contributed by atoms with Crippen LogP contribution < -0.4 is 20.7 Å². The van der Waals surface area contributed by atoms with Crippen molar-refractivity contribution in [2.75, 3.05) is 36.1 Å². The number of aryl methyl sites for hydroxylation is 1. The summed E-state index contributed by atoms with van der Waals surface area (Å²) in [4.78, 5) is 23.7. The van der Waals surface area contributed by atoms with E-state index in [4.69, 9.17) is 14.7 Å². The quantitative estimate of drug-likeness (QED) is 0.164. The van der Waals surface area contributed by atoms with Gasteiger partial charge in [0, 0.05) is 25.4 Å². The molecular formula is C35H48N6O3S. The Kier molecular flexibility index (Phi) is 11.6. The van der Waals surface area contributed by atoms with Crippen molar-refractivity contribution in [1.82, 2.24) is 14.9 Å². The summed E-state index contributed by atoms with van der Waals surface area (Å²) in [7, 11) is 0.658. The molecule has 1 atom stereocenters. The number of hydrogen-bond acceptors (Lipinski definition) is 8. The molecule has 2 aromatic carbocycles. The van der Waals surface area contributed by atoms with Gasteiger partial charge in [-0.1, -0.05) is 39.0 Å². The SMILES string of the molecule is CC/C=C(\C)c1c(NC)nc(Nc2cc(C)c(C3CCN(C=O)CC3)cc2OC(C)C)nc1Nc1ccccc1S(=O)C(C)C. The maximum atomic E-state index is 13.2. The number of hydrogen-bond donors (Lipinski definition) is 3. The molecule has 0 radical (unpaired) electrons. The maximum absolute atomic E-state index is 13.2. The number of carbonyl (C=O) groups is 1. The highest BCUT2D eigenvalue weighted by Gasteiger charge is 2.24. The molecule has 3 aromatic rings. The summed E-state index contributed by atoms with van der Waals surface area (Å²) < 4.78 is 19.5. The Morgan fingerprint density at radius 3 is 2.38 bits per heavy atom. The van der Waals surface area contributed by atoms with Crippen LogP contribution >= 0.6 is 0 Å². The van der Waals surface area contributed by atoms with Gasteiger partial charge in [0.25, 0.3) is 0 Å². The minimum absolute atomic E-state index is 0.0344. The van der Waals surface area contributed by atoms with Crippen LogP contribution in [0.25, 0.3) is 5.57 Å². The molecule has 10 heteroatoms. The lowest BCUT2D eigenvalue weighted by atomic mass is 9.86. The molecule has 1 amide bonds. The Hall–Kier alpha value is -3.92. The zero-order chi connectivity index (χ0) is 32.7. The fourth-order valence-electron chi connectivity index (χ4n) is 5.73. The van der Waals surface area contributed by atoms with Gasteiger partial charge in [-0.05, 0) is 93.8 Å². The number of nitrogens with zero attached hydrogens (tertiary/aromatic N) is 3. The van der Waals surface area contributed by atoms with Gasteiger partial charge in [0.2, 0.25) is 12.4 Å². The van der Waals surface area contributed by atoms with Gasteiger partial charge in [0.15, 0.2) is 0 Å². The second-order valence-corrected chi connectivity index (χ2v) is 14.0. The van der Waals surface area contributed by atoms with E-state index in [0.717, 1.165) is 77.5 Å². The Morgan fingerprint density at radius 2 is 1.76 bits per heavy atom. The average molecular weight is 633 g/mol. The molecule has 0 saturated carbocycles. The van der Waals surface area contributed by atoms with Crippen LogP contribution in [0.1, 0.15) is 83.4 Å². The van der Waals surface area contributed by atoms with Crippen LogP contribution in [0.4, 0.5) is 29.0 Å². The summed E-state index contributed by atoms with van der Waals surface area (Å²) >= 11 is 0. The molecule has 1 saturated heterocycles. The Labute approximate surface area is 270 Å². The monoisotopic (exact) mass is 632 g/mol. The van der Waals surface area contributed by atoms with Crippen molar-refractivity contribution < 1.29 is 13.7 Å². The number of ether oxygens (including phenoxy) is 1. The lowest BCUT2D eigenvalue weighted by Gasteiger charge is -2.31. The highest BCUT2D eigenvalue weighted by atomic mass is 32.2. The summed E-state index contributed by atoms with van der Waals surface area (Å²) in [6.07, 6.45) is 5.76. The van der Waals surface area contributed by atoms with E-state index in [9.17, 15) is 9.00 Å². The first-order valence-electron chi connectivity index (χ1n) is 15.9. The first-order chi connectivity index (χ1) is 21.6. The van der Waals surface area contributed by atoms with E-state index in [1.807, 2.05) is 63.9 Å². The molecule has 1 fully saturated rings. The molecule has 242 valence electrons. The Bertz CT molecular complexity index is 1550. The standard InChI is InChI=1S/C35H48N6O3S/c1-9-12-24(6)32-33(36-8)39-35(40-34(32)37-28-13-10-11-14-31(28)45(43)23(4)5)38-29-19-25(7)27(20-30(29)44-22(2)3)26-15-17-41(21-42)18-16-26/h10-14,19-23,26H,9,15-18H2,1-8H3,(H3,36,37,38,39,40)/b24-12+. The Morgan fingerprint density at radius 1 is 1.07 bits per heavy atom. The van der Waals surface area contributed by atoms with Crippen LogP contribution in [-0.2, 0) is 15.6 Å². The normalized spacial score (nSPS) is 14.9. The molecule has 1 aliphatic rings. The maximum Gasteiger partial charge on any atom is 0.231 e. The summed E-state index contributed by atoms with van der Waals surface area (Å²) in [5.41, 5.74) is 5.79. The topological polar surface area (TPSA) is 108 Å². The van der Waals surface area contributed by atoms with Crippen molar-refractivity contribution in [2.24, 2.45) is 0 Å². The fourth-order valence-corrected chi connectivity index (χ4v) is 6.78. The molecule has 4 rings (SSSR count). The van der Waals surface area contributed by atoms with E-state index in [1.165, 1.54) is 5.56 Å². The van der Waals surface area contributed by atoms with Crippen LogP contribution in [0.2, 0.25) is 0 Å². The summed E-state index contributed by atoms with van der Waals surface area (Å²) in [6, 6.07) is 11.9. The predicted octanol–water partition coefficient (Wildman–Crippen LogP) is 7.77. The number of carbonyl (C=O) groups excluding carboxylic acids is 1. The first kappa shape index (κ1) is 34.0. The number of rotatable bonds is 13. The number of likely N-dealkylation sites (tertiary alicyclic amines) is 1. The van der Waals surface area contributed by atoms with Crippen LogP contribution in [0, 0.1) is 6.92 Å². The lowest BCUT2D eigenvalue weighted by Crippen LogP contribution is -2.31. The van der Waals surface area contributed by atoms with Crippen LogP contribution in [0.5, 0.6) is 5.75 Å². The van der Waals surface area contributed by atoms with E-state index in [0.29, 0.717) is 23.5 Å². The summed E-state index contributed by atoms with van der Waals surface area (Å²) in [5.74, 6) is 2.76. The highest BCUT2D eigenvalue weighted by Crippen LogP contribution is 2.39. The molecule has 3 N–H and O–H groups in total. The van der Waals surface area contributed by atoms with Crippen molar-refractivity contribution in [3.8, 4) is 5.75 Å². The third kappa shape index (κ3) is 8.22. The molecule has 1 aromatic heterocycles. The molecule has 0 bridgehead atoms. The molecule has 1 aliphatic heterocycles.